The van der Waals surface area contributed by atoms with E-state index < -0.39 is 0 Å². The number of ether oxygens (including phenoxy) is 1. The monoisotopic (exact) mass is 329 g/mol. The third kappa shape index (κ3) is 2.35. The third-order valence-corrected chi connectivity index (χ3v) is 4.27. The first-order valence-electron chi connectivity index (χ1n) is 5.98. The second-order valence-corrected chi connectivity index (χ2v) is 6.05. The van der Waals surface area contributed by atoms with E-state index in [1.165, 1.54) is 29.3 Å². The molecule has 1 aromatic carbocycles. The van der Waals surface area contributed by atoms with Crippen molar-refractivity contribution in [1.82, 2.24) is 5.32 Å². The average molecular weight is 329 g/mol. The Balaban J connectivity index is 1.64. The Morgan fingerprint density at radius 3 is 2.31 bits per heavy atom. The summed E-state index contributed by atoms with van der Waals surface area (Å²) in [4.78, 5) is 0. The first kappa shape index (κ1) is 10.8. The van der Waals surface area contributed by atoms with Gasteiger partial charge in [0.2, 0.25) is 0 Å². The zero-order valence-electron chi connectivity index (χ0n) is 9.16. The van der Waals surface area contributed by atoms with Crippen LogP contribution in [0.2, 0.25) is 0 Å². The molecule has 2 aliphatic rings. The van der Waals surface area contributed by atoms with E-state index >= 15 is 0 Å². The van der Waals surface area contributed by atoms with Crippen LogP contribution in [0.5, 0.6) is 5.75 Å². The molecule has 0 radical (unpaired) electrons. The van der Waals surface area contributed by atoms with Crippen LogP contribution in [0.15, 0.2) is 24.3 Å². The number of hydrogen-bond acceptors (Lipinski definition) is 2. The van der Waals surface area contributed by atoms with Crippen molar-refractivity contribution in [3.8, 4) is 5.75 Å². The minimum atomic E-state index is 0.416. The van der Waals surface area contributed by atoms with E-state index in [0.29, 0.717) is 18.2 Å². The average Bonchev–Trinajstić information content (AvgIpc) is 2.62. The molecular formula is C13H16INO. The van der Waals surface area contributed by atoms with Crippen LogP contribution in [0.1, 0.15) is 25.7 Å². The highest BCUT2D eigenvalue weighted by molar-refractivity contribution is 14.1. The smallest absolute Gasteiger partial charge is 0.119 e. The van der Waals surface area contributed by atoms with Gasteiger partial charge >= 0.3 is 0 Å². The summed E-state index contributed by atoms with van der Waals surface area (Å²) in [6.45, 7) is 0. The predicted octanol–water partition coefficient (Wildman–Crippen LogP) is 2.95. The van der Waals surface area contributed by atoms with Gasteiger partial charge in [0, 0.05) is 15.7 Å². The van der Waals surface area contributed by atoms with Crippen LogP contribution in [0.3, 0.4) is 0 Å². The number of hydrogen-bond donors (Lipinski definition) is 1. The third-order valence-electron chi connectivity index (χ3n) is 3.55. The molecule has 2 fully saturated rings. The summed E-state index contributed by atoms with van der Waals surface area (Å²) in [5, 5.41) is 3.63. The van der Waals surface area contributed by atoms with Crippen molar-refractivity contribution in [2.75, 3.05) is 0 Å². The molecule has 0 saturated carbocycles. The zero-order chi connectivity index (χ0) is 11.0. The second kappa shape index (κ2) is 4.53. The number of fused-ring (bicyclic) bond motifs is 2. The minimum absolute atomic E-state index is 0.416. The van der Waals surface area contributed by atoms with Crippen molar-refractivity contribution < 1.29 is 4.74 Å². The van der Waals surface area contributed by atoms with Crippen LogP contribution >= 0.6 is 22.6 Å². The van der Waals surface area contributed by atoms with Crippen LogP contribution in [0.25, 0.3) is 0 Å². The first-order chi connectivity index (χ1) is 7.79. The fourth-order valence-electron chi connectivity index (χ4n) is 2.81. The van der Waals surface area contributed by atoms with Crippen LogP contribution in [-0.4, -0.2) is 18.2 Å². The topological polar surface area (TPSA) is 21.3 Å². The molecule has 1 aromatic rings. The van der Waals surface area contributed by atoms with Crippen LogP contribution in [-0.2, 0) is 0 Å². The van der Waals surface area contributed by atoms with Gasteiger partial charge in [0.25, 0.3) is 0 Å². The highest BCUT2D eigenvalue weighted by atomic mass is 127. The van der Waals surface area contributed by atoms with Crippen molar-refractivity contribution in [3.05, 3.63) is 27.8 Å². The largest absolute Gasteiger partial charge is 0.490 e. The van der Waals surface area contributed by atoms with E-state index in [0.717, 1.165) is 5.75 Å². The number of benzene rings is 1. The molecule has 2 atom stereocenters. The fraction of sp³-hybridized carbons (Fsp3) is 0.538. The summed E-state index contributed by atoms with van der Waals surface area (Å²) in [7, 11) is 0. The van der Waals surface area contributed by atoms with E-state index in [1.807, 2.05) is 0 Å². The highest BCUT2D eigenvalue weighted by Crippen LogP contribution is 2.29. The summed E-state index contributed by atoms with van der Waals surface area (Å²) in [6, 6.07) is 9.76. The summed E-state index contributed by atoms with van der Waals surface area (Å²) >= 11 is 2.32. The molecule has 2 unspecified atom stereocenters. The van der Waals surface area contributed by atoms with Gasteiger partial charge in [0.1, 0.15) is 11.9 Å². The lowest BCUT2D eigenvalue weighted by molar-refractivity contribution is 0.137. The van der Waals surface area contributed by atoms with Gasteiger partial charge in [0.15, 0.2) is 0 Å². The molecule has 0 aromatic heterocycles. The molecule has 2 heterocycles. The number of rotatable bonds is 2. The van der Waals surface area contributed by atoms with Crippen molar-refractivity contribution in [2.45, 2.75) is 43.9 Å². The lowest BCUT2D eigenvalue weighted by atomic mass is 10.0. The van der Waals surface area contributed by atoms with Gasteiger partial charge in [-0.2, -0.15) is 0 Å². The lowest BCUT2D eigenvalue weighted by Gasteiger charge is -2.29. The molecule has 2 bridgehead atoms. The quantitative estimate of drug-likeness (QED) is 0.843. The molecule has 1 N–H and O–H groups in total. The molecule has 0 aliphatic carbocycles. The van der Waals surface area contributed by atoms with Crippen LogP contribution < -0.4 is 10.1 Å². The van der Waals surface area contributed by atoms with Gasteiger partial charge in [0.05, 0.1) is 0 Å². The highest BCUT2D eigenvalue weighted by Gasteiger charge is 2.34. The molecule has 3 heteroatoms. The van der Waals surface area contributed by atoms with Gasteiger partial charge in [-0.05, 0) is 72.5 Å². The van der Waals surface area contributed by atoms with Crippen molar-refractivity contribution in [2.24, 2.45) is 0 Å². The zero-order valence-corrected chi connectivity index (χ0v) is 11.3. The summed E-state index contributed by atoms with van der Waals surface area (Å²) in [5.74, 6) is 1.02. The summed E-state index contributed by atoms with van der Waals surface area (Å²) in [5.41, 5.74) is 0. The maximum Gasteiger partial charge on any atom is 0.119 e. The van der Waals surface area contributed by atoms with Crippen LogP contribution in [0, 0.1) is 3.57 Å². The lowest BCUT2D eigenvalue weighted by Crippen LogP contribution is -2.42. The van der Waals surface area contributed by atoms with E-state index in [2.05, 4.69) is 52.2 Å². The maximum atomic E-state index is 6.05. The van der Waals surface area contributed by atoms with Crippen molar-refractivity contribution in [3.63, 3.8) is 0 Å². The van der Waals surface area contributed by atoms with Gasteiger partial charge < -0.3 is 10.1 Å². The molecule has 2 aliphatic heterocycles. The number of nitrogens with one attached hydrogen (secondary N) is 1. The Hall–Kier alpha value is -0.290. The molecule has 3 rings (SSSR count). The first-order valence-corrected chi connectivity index (χ1v) is 7.06. The molecule has 86 valence electrons. The van der Waals surface area contributed by atoms with E-state index in [9.17, 15) is 0 Å². The van der Waals surface area contributed by atoms with Gasteiger partial charge in [-0.1, -0.05) is 0 Å². The fourth-order valence-corrected chi connectivity index (χ4v) is 3.17. The van der Waals surface area contributed by atoms with E-state index in [-0.39, 0.29) is 0 Å². The Bertz CT molecular complexity index is 353. The SMILES string of the molecule is Ic1ccc(OC2CC3CCC(C2)N3)cc1. The van der Waals surface area contributed by atoms with Crippen molar-refractivity contribution >= 4 is 22.6 Å². The van der Waals surface area contributed by atoms with Crippen LogP contribution in [0.4, 0.5) is 0 Å². The minimum Gasteiger partial charge on any atom is -0.490 e. The number of halogens is 1. The predicted molar refractivity (Wildman–Crippen MR) is 72.8 cm³/mol. The van der Waals surface area contributed by atoms with Gasteiger partial charge in [-0.25, -0.2) is 0 Å². The second-order valence-electron chi connectivity index (χ2n) is 4.80. The molecule has 0 spiro atoms. The molecular weight excluding hydrogens is 313 g/mol. The van der Waals surface area contributed by atoms with E-state index in [1.54, 1.807) is 0 Å². The summed E-state index contributed by atoms with van der Waals surface area (Å²) in [6.07, 6.45) is 5.41. The molecule has 0 amide bonds. The maximum absolute atomic E-state index is 6.05. The number of piperidine rings is 1. The normalized spacial score (nSPS) is 32.7. The Kier molecular flexibility index (Phi) is 3.07. The summed E-state index contributed by atoms with van der Waals surface area (Å²) < 4.78 is 7.31. The molecule has 2 nitrogen and oxygen atoms in total. The molecule has 2 saturated heterocycles. The van der Waals surface area contributed by atoms with E-state index in [4.69, 9.17) is 4.74 Å². The Morgan fingerprint density at radius 2 is 1.69 bits per heavy atom. The standard InChI is InChI=1S/C13H16INO/c14-9-1-5-12(6-2-9)16-13-7-10-3-4-11(8-13)15-10/h1-2,5-6,10-11,13,15H,3-4,7-8H2. The Morgan fingerprint density at radius 1 is 1.06 bits per heavy atom. The molecule has 16 heavy (non-hydrogen) atoms. The Labute approximate surface area is 110 Å². The van der Waals surface area contributed by atoms with Gasteiger partial charge in [-0.15, -0.1) is 0 Å². The van der Waals surface area contributed by atoms with Gasteiger partial charge in [-0.3, -0.25) is 0 Å². The van der Waals surface area contributed by atoms with Crippen molar-refractivity contribution in [1.29, 1.82) is 0 Å².